The summed E-state index contributed by atoms with van der Waals surface area (Å²) in [5, 5.41) is 8.76. The second-order valence-corrected chi connectivity index (χ2v) is 3.84. The van der Waals surface area contributed by atoms with Gasteiger partial charge in [0.15, 0.2) is 0 Å². The number of aromatic nitrogens is 2. The summed E-state index contributed by atoms with van der Waals surface area (Å²) in [6.07, 6.45) is 1.54. The van der Waals surface area contributed by atoms with Crippen LogP contribution in [0.25, 0.3) is 0 Å². The van der Waals surface area contributed by atoms with E-state index in [1.807, 2.05) is 13.1 Å². The van der Waals surface area contributed by atoms with Crippen LogP contribution in [-0.2, 0) is 6.54 Å². The molecule has 0 aliphatic carbocycles. The highest BCUT2D eigenvalue weighted by Gasteiger charge is 2.06. The fourth-order valence-electron chi connectivity index (χ4n) is 1.53. The largest absolute Gasteiger partial charge is 0.340 e. The predicted octanol–water partition coefficient (Wildman–Crippen LogP) is 2.12. The molecule has 1 heterocycles. The van der Waals surface area contributed by atoms with Crippen molar-refractivity contribution in [1.29, 1.82) is 5.26 Å². The number of rotatable bonds is 3. The van der Waals surface area contributed by atoms with Gasteiger partial charge in [-0.1, -0.05) is 12.1 Å². The zero-order chi connectivity index (χ0) is 13.0. The Morgan fingerprint density at radius 2 is 2.00 bits per heavy atom. The summed E-state index contributed by atoms with van der Waals surface area (Å²) >= 11 is 0. The van der Waals surface area contributed by atoms with Gasteiger partial charge in [-0.3, -0.25) is 0 Å². The fourth-order valence-corrected chi connectivity index (χ4v) is 1.53. The molecule has 0 radical (unpaired) electrons. The Hall–Kier alpha value is -2.48. The van der Waals surface area contributed by atoms with Gasteiger partial charge in [-0.15, -0.1) is 0 Å². The third-order valence-corrected chi connectivity index (χ3v) is 2.43. The van der Waals surface area contributed by atoms with Crippen molar-refractivity contribution < 1.29 is 4.39 Å². The molecule has 0 bridgehead atoms. The van der Waals surface area contributed by atoms with Gasteiger partial charge in [-0.2, -0.15) is 5.26 Å². The highest BCUT2D eigenvalue weighted by atomic mass is 19.1. The van der Waals surface area contributed by atoms with Crippen LogP contribution in [0.4, 0.5) is 10.3 Å². The summed E-state index contributed by atoms with van der Waals surface area (Å²) in [5.41, 5.74) is 1.27. The lowest BCUT2D eigenvalue weighted by Gasteiger charge is -2.16. The van der Waals surface area contributed by atoms with Gasteiger partial charge in [0.25, 0.3) is 0 Å². The van der Waals surface area contributed by atoms with Crippen molar-refractivity contribution in [2.24, 2.45) is 0 Å². The molecule has 0 saturated heterocycles. The van der Waals surface area contributed by atoms with Crippen LogP contribution >= 0.6 is 0 Å². The average Bonchev–Trinajstić information content (AvgIpc) is 2.41. The van der Waals surface area contributed by atoms with E-state index in [0.29, 0.717) is 18.2 Å². The molecule has 0 unspecified atom stereocenters. The molecule has 0 spiro atoms. The van der Waals surface area contributed by atoms with E-state index in [1.54, 1.807) is 29.3 Å². The van der Waals surface area contributed by atoms with Crippen molar-refractivity contribution in [1.82, 2.24) is 9.97 Å². The van der Waals surface area contributed by atoms with E-state index in [9.17, 15) is 4.39 Å². The van der Waals surface area contributed by atoms with Crippen LogP contribution in [0.5, 0.6) is 0 Å². The average molecular weight is 242 g/mol. The van der Waals surface area contributed by atoms with Gasteiger partial charge in [0, 0.05) is 19.8 Å². The third kappa shape index (κ3) is 2.80. The summed E-state index contributed by atoms with van der Waals surface area (Å²) < 4.78 is 12.8. The molecule has 2 aromatic rings. The normalized spacial score (nSPS) is 9.83. The zero-order valence-electron chi connectivity index (χ0n) is 9.84. The first kappa shape index (κ1) is 12.0. The molecule has 5 heteroatoms. The lowest BCUT2D eigenvalue weighted by atomic mass is 10.2. The summed E-state index contributed by atoms with van der Waals surface area (Å²) in [4.78, 5) is 9.97. The Morgan fingerprint density at radius 3 is 2.67 bits per heavy atom. The lowest BCUT2D eigenvalue weighted by Crippen LogP contribution is -2.19. The van der Waals surface area contributed by atoms with Crippen molar-refractivity contribution in [2.45, 2.75) is 6.54 Å². The number of nitriles is 1. The Balaban J connectivity index is 2.14. The third-order valence-electron chi connectivity index (χ3n) is 2.43. The monoisotopic (exact) mass is 242 g/mol. The highest BCUT2D eigenvalue weighted by Crippen LogP contribution is 2.10. The van der Waals surface area contributed by atoms with Crippen LogP contribution < -0.4 is 4.90 Å². The Morgan fingerprint density at radius 1 is 1.28 bits per heavy atom. The molecular weight excluding hydrogens is 231 g/mol. The van der Waals surface area contributed by atoms with Crippen molar-refractivity contribution in [3.8, 4) is 6.07 Å². The van der Waals surface area contributed by atoms with Gasteiger partial charge in [0.05, 0.1) is 0 Å². The number of anilines is 1. The summed E-state index contributed by atoms with van der Waals surface area (Å²) in [5.74, 6) is 0.211. The van der Waals surface area contributed by atoms with E-state index in [4.69, 9.17) is 5.26 Å². The van der Waals surface area contributed by atoms with Crippen LogP contribution in [0.1, 0.15) is 11.3 Å². The Bertz CT molecular complexity index is 574. The van der Waals surface area contributed by atoms with Crippen molar-refractivity contribution >= 4 is 5.95 Å². The van der Waals surface area contributed by atoms with Gasteiger partial charge in [0.2, 0.25) is 5.95 Å². The van der Waals surface area contributed by atoms with E-state index < -0.39 is 0 Å². The molecular formula is C13H11FN4. The molecule has 0 aliphatic heterocycles. The second kappa shape index (κ2) is 5.23. The minimum atomic E-state index is -0.260. The molecule has 0 atom stereocenters. The number of halogens is 1. The second-order valence-electron chi connectivity index (χ2n) is 3.84. The molecule has 0 amide bonds. The van der Waals surface area contributed by atoms with Gasteiger partial charge in [0.1, 0.15) is 17.6 Å². The number of nitrogens with zero attached hydrogens (tertiary/aromatic N) is 4. The van der Waals surface area contributed by atoms with Crippen molar-refractivity contribution in [3.63, 3.8) is 0 Å². The van der Waals surface area contributed by atoms with Gasteiger partial charge >= 0.3 is 0 Å². The van der Waals surface area contributed by atoms with Crippen molar-refractivity contribution in [2.75, 3.05) is 11.9 Å². The van der Waals surface area contributed by atoms with E-state index in [2.05, 4.69) is 9.97 Å². The van der Waals surface area contributed by atoms with E-state index in [1.165, 1.54) is 12.1 Å². The van der Waals surface area contributed by atoms with Gasteiger partial charge < -0.3 is 4.90 Å². The smallest absolute Gasteiger partial charge is 0.226 e. The highest BCUT2D eigenvalue weighted by molar-refractivity contribution is 5.34. The molecule has 0 fully saturated rings. The van der Waals surface area contributed by atoms with Crippen LogP contribution in [0.2, 0.25) is 0 Å². The molecule has 0 aliphatic rings. The van der Waals surface area contributed by atoms with Crippen LogP contribution in [0.3, 0.4) is 0 Å². The van der Waals surface area contributed by atoms with Crippen LogP contribution in [0.15, 0.2) is 36.5 Å². The predicted molar refractivity (Wildman–Crippen MR) is 65.3 cm³/mol. The molecule has 2 rings (SSSR count). The van der Waals surface area contributed by atoms with E-state index in [-0.39, 0.29) is 5.82 Å². The molecule has 0 N–H and O–H groups in total. The minimum Gasteiger partial charge on any atom is -0.340 e. The fraction of sp³-hybridized carbons (Fsp3) is 0.154. The molecule has 18 heavy (non-hydrogen) atoms. The lowest BCUT2D eigenvalue weighted by molar-refractivity contribution is 0.627. The first-order valence-corrected chi connectivity index (χ1v) is 5.38. The maximum absolute atomic E-state index is 12.8. The molecule has 1 aromatic carbocycles. The van der Waals surface area contributed by atoms with E-state index >= 15 is 0 Å². The maximum atomic E-state index is 12.8. The number of benzene rings is 1. The summed E-state index contributed by atoms with van der Waals surface area (Å²) in [7, 11) is 1.82. The SMILES string of the molecule is CN(Cc1ccc(F)cc1)c1nccc(C#N)n1. The standard InChI is InChI=1S/C13H11FN4/c1-18(9-10-2-4-11(14)5-3-10)13-16-7-6-12(8-15)17-13/h2-7H,9H2,1H3. The molecule has 90 valence electrons. The van der Waals surface area contributed by atoms with Gasteiger partial charge in [-0.05, 0) is 23.8 Å². The molecule has 0 saturated carbocycles. The van der Waals surface area contributed by atoms with Crippen LogP contribution in [-0.4, -0.2) is 17.0 Å². The van der Waals surface area contributed by atoms with E-state index in [0.717, 1.165) is 5.56 Å². The first-order chi connectivity index (χ1) is 8.69. The number of hydrogen-bond donors (Lipinski definition) is 0. The minimum absolute atomic E-state index is 0.260. The van der Waals surface area contributed by atoms with Gasteiger partial charge in [-0.25, -0.2) is 14.4 Å². The molecule has 4 nitrogen and oxygen atoms in total. The Kier molecular flexibility index (Phi) is 3.49. The maximum Gasteiger partial charge on any atom is 0.226 e. The number of hydrogen-bond acceptors (Lipinski definition) is 4. The first-order valence-electron chi connectivity index (χ1n) is 5.38. The summed E-state index contributed by atoms with van der Waals surface area (Å²) in [6.45, 7) is 0.551. The van der Waals surface area contributed by atoms with Crippen molar-refractivity contribution in [3.05, 3.63) is 53.6 Å². The topological polar surface area (TPSA) is 52.8 Å². The molecule has 1 aromatic heterocycles. The summed E-state index contributed by atoms with van der Waals surface area (Å²) in [6, 6.07) is 9.76. The van der Waals surface area contributed by atoms with Crippen LogP contribution in [0, 0.1) is 17.1 Å². The zero-order valence-corrected chi connectivity index (χ0v) is 9.84. The quantitative estimate of drug-likeness (QED) is 0.827. The Labute approximate surface area is 104 Å².